The highest BCUT2D eigenvalue weighted by atomic mass is 16.4. The monoisotopic (exact) mass is 277 g/mol. The largest absolute Gasteiger partial charge is 0.477 e. The zero-order chi connectivity index (χ0) is 14.7. The molecule has 2 rings (SSSR count). The normalized spacial score (nSPS) is 10.3. The van der Waals surface area contributed by atoms with Crippen molar-refractivity contribution in [2.24, 2.45) is 0 Å². The molecule has 20 heavy (non-hydrogen) atoms. The highest BCUT2D eigenvalue weighted by Gasteiger charge is 2.15. The van der Waals surface area contributed by atoms with Crippen LogP contribution >= 0.6 is 0 Å². The fourth-order valence-electron chi connectivity index (χ4n) is 1.77. The van der Waals surface area contributed by atoms with Crippen molar-refractivity contribution in [2.45, 2.75) is 20.4 Å². The van der Waals surface area contributed by atoms with Crippen molar-refractivity contribution in [1.29, 1.82) is 0 Å². The first-order chi connectivity index (χ1) is 9.45. The topological polar surface area (TPSA) is 107 Å². The Balaban J connectivity index is 1.96. The molecule has 2 amide bonds. The number of aryl methyl sites for hydroxylation is 2. The van der Waals surface area contributed by atoms with Crippen LogP contribution in [-0.2, 0) is 6.54 Å². The molecular formula is C13H15N3O4. The van der Waals surface area contributed by atoms with Crippen LogP contribution in [-0.4, -0.2) is 22.1 Å². The summed E-state index contributed by atoms with van der Waals surface area (Å²) in [5, 5.41) is 14.1. The first-order valence-electron chi connectivity index (χ1n) is 5.99. The lowest BCUT2D eigenvalue weighted by Gasteiger charge is -2.05. The van der Waals surface area contributed by atoms with Gasteiger partial charge in [0.2, 0.25) is 0 Å². The first-order valence-corrected chi connectivity index (χ1v) is 5.99. The fraction of sp³-hybridized carbons (Fsp3) is 0.231. The van der Waals surface area contributed by atoms with Crippen molar-refractivity contribution in [1.82, 2.24) is 10.3 Å². The minimum Gasteiger partial charge on any atom is -0.477 e. The maximum absolute atomic E-state index is 11.7. The molecule has 0 fully saturated rings. The predicted octanol–water partition coefficient (Wildman–Crippen LogP) is 2.24. The third kappa shape index (κ3) is 3.19. The van der Waals surface area contributed by atoms with Gasteiger partial charge in [0.05, 0.1) is 12.2 Å². The first kappa shape index (κ1) is 13.7. The molecule has 0 aliphatic rings. The number of urea groups is 1. The minimum absolute atomic E-state index is 0.0495. The molecule has 0 bridgehead atoms. The Morgan fingerprint density at radius 3 is 2.70 bits per heavy atom. The SMILES string of the molecule is Cc1cc(NC(=O)NCc2ccc(C)o2)c(C(=O)O)[nH]1. The summed E-state index contributed by atoms with van der Waals surface area (Å²) in [7, 11) is 0. The minimum atomic E-state index is -1.13. The van der Waals surface area contributed by atoms with Crippen molar-refractivity contribution < 1.29 is 19.1 Å². The smallest absolute Gasteiger partial charge is 0.354 e. The number of aromatic amines is 1. The Morgan fingerprint density at radius 1 is 1.35 bits per heavy atom. The third-order valence-electron chi connectivity index (χ3n) is 2.63. The summed E-state index contributed by atoms with van der Waals surface area (Å²) in [6.07, 6.45) is 0. The Labute approximate surface area is 115 Å². The van der Waals surface area contributed by atoms with Crippen LogP contribution in [0, 0.1) is 13.8 Å². The highest BCUT2D eigenvalue weighted by molar-refractivity contribution is 5.99. The van der Waals surface area contributed by atoms with E-state index in [4.69, 9.17) is 9.52 Å². The van der Waals surface area contributed by atoms with Gasteiger partial charge in [-0.15, -0.1) is 0 Å². The van der Waals surface area contributed by atoms with Gasteiger partial charge < -0.3 is 25.1 Å². The molecule has 7 nitrogen and oxygen atoms in total. The number of carboxylic acid groups (broad SMARTS) is 1. The Morgan fingerprint density at radius 2 is 2.10 bits per heavy atom. The number of hydrogen-bond donors (Lipinski definition) is 4. The summed E-state index contributed by atoms with van der Waals surface area (Å²) in [6.45, 7) is 3.75. The zero-order valence-electron chi connectivity index (χ0n) is 11.1. The van der Waals surface area contributed by atoms with E-state index in [1.54, 1.807) is 25.1 Å². The van der Waals surface area contributed by atoms with E-state index in [2.05, 4.69) is 15.6 Å². The lowest BCUT2D eigenvalue weighted by Crippen LogP contribution is -2.28. The van der Waals surface area contributed by atoms with E-state index in [0.717, 1.165) is 5.76 Å². The fourth-order valence-corrected chi connectivity index (χ4v) is 1.77. The van der Waals surface area contributed by atoms with Crippen LogP contribution in [0.5, 0.6) is 0 Å². The number of furan rings is 1. The molecule has 0 saturated carbocycles. The van der Waals surface area contributed by atoms with Crippen molar-refractivity contribution in [3.8, 4) is 0 Å². The van der Waals surface area contributed by atoms with Gasteiger partial charge in [-0.2, -0.15) is 0 Å². The Kier molecular flexibility index (Phi) is 3.79. The average Bonchev–Trinajstić information content (AvgIpc) is 2.93. The summed E-state index contributed by atoms with van der Waals surface area (Å²) in [5.41, 5.74) is 0.828. The molecule has 0 saturated heterocycles. The van der Waals surface area contributed by atoms with E-state index in [1.165, 1.54) is 0 Å². The van der Waals surface area contributed by atoms with Crippen molar-refractivity contribution in [3.63, 3.8) is 0 Å². The second-order valence-electron chi connectivity index (χ2n) is 4.37. The molecular weight excluding hydrogens is 262 g/mol. The van der Waals surface area contributed by atoms with E-state index in [9.17, 15) is 9.59 Å². The summed E-state index contributed by atoms with van der Waals surface area (Å²) in [6, 6.07) is 4.62. The van der Waals surface area contributed by atoms with Crippen LogP contribution in [0.3, 0.4) is 0 Å². The number of anilines is 1. The van der Waals surface area contributed by atoms with Gasteiger partial charge in [-0.25, -0.2) is 9.59 Å². The maximum atomic E-state index is 11.7. The number of carboxylic acids is 1. The number of amides is 2. The van der Waals surface area contributed by atoms with Gasteiger partial charge in [0, 0.05) is 5.69 Å². The summed E-state index contributed by atoms with van der Waals surface area (Å²) < 4.78 is 5.31. The molecule has 2 heterocycles. The number of H-pyrrole nitrogens is 1. The number of carbonyl (C=O) groups is 2. The van der Waals surface area contributed by atoms with E-state index >= 15 is 0 Å². The molecule has 2 aromatic heterocycles. The lowest BCUT2D eigenvalue weighted by atomic mass is 10.3. The standard InChI is InChI=1S/C13H15N3O4/c1-7-5-10(11(15-7)12(17)18)16-13(19)14-6-9-4-3-8(2)20-9/h3-5,15H,6H2,1-2H3,(H,17,18)(H2,14,16,19). The molecule has 4 N–H and O–H groups in total. The molecule has 0 unspecified atom stereocenters. The number of aromatic nitrogens is 1. The van der Waals surface area contributed by atoms with Gasteiger partial charge in [0.25, 0.3) is 0 Å². The summed E-state index contributed by atoms with van der Waals surface area (Å²) >= 11 is 0. The van der Waals surface area contributed by atoms with Crippen LogP contribution in [0.25, 0.3) is 0 Å². The quantitative estimate of drug-likeness (QED) is 0.687. The number of aromatic carboxylic acids is 1. The lowest BCUT2D eigenvalue weighted by molar-refractivity contribution is 0.0692. The molecule has 2 aromatic rings. The number of rotatable bonds is 4. The van der Waals surface area contributed by atoms with Crippen LogP contribution in [0.1, 0.15) is 27.7 Å². The highest BCUT2D eigenvalue weighted by Crippen LogP contribution is 2.16. The van der Waals surface area contributed by atoms with Crippen LogP contribution in [0.4, 0.5) is 10.5 Å². The second kappa shape index (κ2) is 5.52. The molecule has 7 heteroatoms. The zero-order valence-corrected chi connectivity index (χ0v) is 11.1. The summed E-state index contributed by atoms with van der Waals surface area (Å²) in [5.74, 6) is 0.257. The molecule has 106 valence electrons. The van der Waals surface area contributed by atoms with Crippen molar-refractivity contribution in [2.75, 3.05) is 5.32 Å². The van der Waals surface area contributed by atoms with Gasteiger partial charge in [-0.1, -0.05) is 0 Å². The molecule has 0 radical (unpaired) electrons. The van der Waals surface area contributed by atoms with Gasteiger partial charge >= 0.3 is 12.0 Å². The van der Waals surface area contributed by atoms with Crippen LogP contribution in [0.15, 0.2) is 22.6 Å². The molecule has 0 aliphatic heterocycles. The van der Waals surface area contributed by atoms with E-state index in [-0.39, 0.29) is 17.9 Å². The van der Waals surface area contributed by atoms with Crippen molar-refractivity contribution in [3.05, 3.63) is 41.1 Å². The summed E-state index contributed by atoms with van der Waals surface area (Å²) in [4.78, 5) is 25.4. The number of nitrogens with one attached hydrogen (secondary N) is 3. The van der Waals surface area contributed by atoms with Gasteiger partial charge in [-0.3, -0.25) is 0 Å². The Bertz CT molecular complexity index is 642. The van der Waals surface area contributed by atoms with Crippen molar-refractivity contribution >= 4 is 17.7 Å². The van der Waals surface area contributed by atoms with E-state index in [1.807, 2.05) is 6.92 Å². The van der Waals surface area contributed by atoms with E-state index in [0.29, 0.717) is 11.5 Å². The van der Waals surface area contributed by atoms with Gasteiger partial charge in [-0.05, 0) is 32.0 Å². The van der Waals surface area contributed by atoms with Crippen LogP contribution in [0.2, 0.25) is 0 Å². The number of carbonyl (C=O) groups excluding carboxylic acids is 1. The molecule has 0 atom stereocenters. The van der Waals surface area contributed by atoms with Crippen LogP contribution < -0.4 is 10.6 Å². The average molecular weight is 277 g/mol. The molecule has 0 aliphatic carbocycles. The second-order valence-corrected chi connectivity index (χ2v) is 4.37. The van der Waals surface area contributed by atoms with Gasteiger partial charge in [0.1, 0.15) is 17.2 Å². The molecule has 0 aromatic carbocycles. The van der Waals surface area contributed by atoms with E-state index < -0.39 is 12.0 Å². The predicted molar refractivity (Wildman–Crippen MR) is 71.8 cm³/mol. The third-order valence-corrected chi connectivity index (χ3v) is 2.63. The maximum Gasteiger partial charge on any atom is 0.354 e. The Hall–Kier alpha value is -2.70. The van der Waals surface area contributed by atoms with Gasteiger partial charge in [0.15, 0.2) is 0 Å². The molecule has 0 spiro atoms. The number of hydrogen-bond acceptors (Lipinski definition) is 3.